The fourth-order valence-electron chi connectivity index (χ4n) is 0.788. The van der Waals surface area contributed by atoms with Gasteiger partial charge in [0.2, 0.25) is 0 Å². The van der Waals surface area contributed by atoms with Gasteiger partial charge in [-0.25, -0.2) is 14.8 Å². The summed E-state index contributed by atoms with van der Waals surface area (Å²) in [7, 11) is 1.24. The number of nitrogen functional groups attached to an aromatic ring is 1. The maximum atomic E-state index is 11.1. The first-order chi connectivity index (χ1) is 6.60. The van der Waals surface area contributed by atoms with E-state index in [0.717, 1.165) is 0 Å². The molecule has 0 unspecified atom stereocenters. The lowest BCUT2D eigenvalue weighted by atomic mass is 10.4. The first-order valence-corrected chi connectivity index (χ1v) is 5.15. The Balaban J connectivity index is 3.21. The molecule has 0 aliphatic rings. The average molecular weight is 234 g/mol. The average Bonchev–Trinajstić information content (AvgIpc) is 2.19. The summed E-state index contributed by atoms with van der Waals surface area (Å²) >= 11 is 7.04. The largest absolute Gasteiger partial charge is 0.464 e. The maximum Gasteiger partial charge on any atom is 0.360 e. The van der Waals surface area contributed by atoms with E-state index < -0.39 is 5.97 Å². The number of carbonyl (C=O) groups is 1. The summed E-state index contributed by atoms with van der Waals surface area (Å²) in [6, 6.07) is 0. The smallest absolute Gasteiger partial charge is 0.360 e. The molecule has 1 heterocycles. The van der Waals surface area contributed by atoms with Gasteiger partial charge >= 0.3 is 5.97 Å². The van der Waals surface area contributed by atoms with Crippen molar-refractivity contribution in [2.45, 2.75) is 5.03 Å². The lowest BCUT2D eigenvalue weighted by molar-refractivity contribution is 0.0594. The normalized spacial score (nSPS) is 9.93. The van der Waals surface area contributed by atoms with E-state index in [1.807, 2.05) is 0 Å². The summed E-state index contributed by atoms with van der Waals surface area (Å²) in [6.45, 7) is 0. The Morgan fingerprint density at radius 1 is 1.57 bits per heavy atom. The molecule has 14 heavy (non-hydrogen) atoms. The molecule has 0 atom stereocenters. The van der Waals surface area contributed by atoms with Crippen molar-refractivity contribution < 1.29 is 9.53 Å². The molecule has 0 amide bonds. The second-order valence-corrected chi connectivity index (χ2v) is 3.40. The van der Waals surface area contributed by atoms with Crippen molar-refractivity contribution in [3.63, 3.8) is 0 Å². The van der Waals surface area contributed by atoms with E-state index in [1.54, 1.807) is 6.26 Å². The lowest BCUT2D eigenvalue weighted by Gasteiger charge is -2.04. The summed E-state index contributed by atoms with van der Waals surface area (Å²) in [6.07, 6.45) is 1.78. The summed E-state index contributed by atoms with van der Waals surface area (Å²) in [5, 5.41) is 0.629. The maximum absolute atomic E-state index is 11.1. The van der Waals surface area contributed by atoms with Gasteiger partial charge in [0, 0.05) is 0 Å². The number of ether oxygens (including phenoxy) is 1. The molecule has 0 aliphatic carbocycles. The molecule has 0 radical (unpaired) electrons. The van der Waals surface area contributed by atoms with E-state index in [9.17, 15) is 4.79 Å². The summed E-state index contributed by atoms with van der Waals surface area (Å²) in [5.74, 6) is -0.629. The molecule has 0 fully saturated rings. The van der Waals surface area contributed by atoms with Crippen LogP contribution in [-0.4, -0.2) is 29.3 Å². The highest BCUT2D eigenvalue weighted by atomic mass is 35.5. The van der Waals surface area contributed by atoms with Crippen molar-refractivity contribution in [3.8, 4) is 0 Å². The molecule has 0 saturated heterocycles. The van der Waals surface area contributed by atoms with Gasteiger partial charge in [0.05, 0.1) is 7.11 Å². The predicted molar refractivity (Wildman–Crippen MR) is 54.6 cm³/mol. The number of methoxy groups -OCH3 is 1. The highest BCUT2D eigenvalue weighted by Crippen LogP contribution is 2.23. The van der Waals surface area contributed by atoms with E-state index in [2.05, 4.69) is 14.7 Å². The summed E-state index contributed by atoms with van der Waals surface area (Å²) in [5.41, 5.74) is 5.44. The number of carbonyl (C=O) groups excluding carboxylic acids is 1. The number of nitrogens with zero attached hydrogens (tertiary/aromatic N) is 2. The van der Waals surface area contributed by atoms with E-state index in [-0.39, 0.29) is 16.7 Å². The van der Waals surface area contributed by atoms with Crippen LogP contribution in [0.25, 0.3) is 0 Å². The molecule has 2 N–H and O–H groups in total. The number of rotatable bonds is 2. The molecule has 1 aromatic rings. The Hall–Kier alpha value is -1.01. The number of thioether (sulfide) groups is 1. The van der Waals surface area contributed by atoms with Crippen molar-refractivity contribution >= 4 is 35.1 Å². The van der Waals surface area contributed by atoms with Crippen LogP contribution in [0.15, 0.2) is 5.03 Å². The molecule has 0 spiro atoms. The molecule has 1 rings (SSSR count). The highest BCUT2D eigenvalue weighted by Gasteiger charge is 2.16. The van der Waals surface area contributed by atoms with Crippen LogP contribution in [0.5, 0.6) is 0 Å². The van der Waals surface area contributed by atoms with Crippen LogP contribution < -0.4 is 5.73 Å². The van der Waals surface area contributed by atoms with E-state index in [4.69, 9.17) is 17.3 Å². The van der Waals surface area contributed by atoms with Crippen molar-refractivity contribution in [1.29, 1.82) is 0 Å². The Morgan fingerprint density at radius 2 is 2.21 bits per heavy atom. The van der Waals surface area contributed by atoms with E-state index >= 15 is 0 Å². The van der Waals surface area contributed by atoms with Crippen molar-refractivity contribution in [1.82, 2.24) is 9.97 Å². The standard InChI is InChI=1S/C7H8ClN3O2S/c1-13-7(12)3-5(9)11-6(14-2)4(8)10-3/h1-2H3,(H2,9,11). The number of esters is 1. The number of anilines is 1. The quantitative estimate of drug-likeness (QED) is 0.611. The Bertz CT molecular complexity index is 372. The second-order valence-electron chi connectivity index (χ2n) is 2.25. The lowest BCUT2D eigenvalue weighted by Crippen LogP contribution is -2.11. The van der Waals surface area contributed by atoms with Gasteiger partial charge in [0.15, 0.2) is 16.7 Å². The van der Waals surface area contributed by atoms with E-state index in [0.29, 0.717) is 5.03 Å². The molecule has 7 heteroatoms. The van der Waals surface area contributed by atoms with Crippen LogP contribution in [0.4, 0.5) is 5.82 Å². The number of halogens is 1. The number of nitrogens with two attached hydrogens (primary N) is 1. The minimum absolute atomic E-state index is 0.0191. The fourth-order valence-corrected chi connectivity index (χ4v) is 1.55. The van der Waals surface area contributed by atoms with Crippen molar-refractivity contribution in [2.24, 2.45) is 0 Å². The molecular formula is C7H8ClN3O2S. The molecule has 76 valence electrons. The minimum Gasteiger partial charge on any atom is -0.464 e. The van der Waals surface area contributed by atoms with Gasteiger partial charge < -0.3 is 10.5 Å². The van der Waals surface area contributed by atoms with Gasteiger partial charge in [0.25, 0.3) is 0 Å². The second kappa shape index (κ2) is 4.47. The zero-order chi connectivity index (χ0) is 10.7. The van der Waals surface area contributed by atoms with Gasteiger partial charge in [-0.1, -0.05) is 11.6 Å². The van der Waals surface area contributed by atoms with Gasteiger partial charge in [-0.05, 0) is 6.26 Å². The highest BCUT2D eigenvalue weighted by molar-refractivity contribution is 7.98. The van der Waals surface area contributed by atoms with Gasteiger partial charge in [-0.2, -0.15) is 0 Å². The van der Waals surface area contributed by atoms with Crippen LogP contribution in [0.2, 0.25) is 5.15 Å². The summed E-state index contributed by atoms with van der Waals surface area (Å²) < 4.78 is 4.46. The Kier molecular flexibility index (Phi) is 3.54. The third kappa shape index (κ3) is 2.08. The molecule has 0 saturated carbocycles. The molecular weight excluding hydrogens is 226 g/mol. The number of aromatic nitrogens is 2. The third-order valence-electron chi connectivity index (χ3n) is 1.42. The van der Waals surface area contributed by atoms with Crippen molar-refractivity contribution in [3.05, 3.63) is 10.8 Å². The summed E-state index contributed by atoms with van der Waals surface area (Å²) in [4.78, 5) is 18.8. The van der Waals surface area contributed by atoms with Crippen LogP contribution in [0.3, 0.4) is 0 Å². The topological polar surface area (TPSA) is 78.1 Å². The van der Waals surface area contributed by atoms with Crippen LogP contribution in [0.1, 0.15) is 10.5 Å². The van der Waals surface area contributed by atoms with Gasteiger partial charge in [-0.3, -0.25) is 0 Å². The molecule has 0 aromatic carbocycles. The SMILES string of the molecule is COC(=O)c1nc(Cl)c(SC)nc1N. The first kappa shape index (κ1) is 11.1. The zero-order valence-electron chi connectivity index (χ0n) is 7.57. The van der Waals surface area contributed by atoms with Crippen molar-refractivity contribution in [2.75, 3.05) is 19.1 Å². The Labute approximate surface area is 90.0 Å². The van der Waals surface area contributed by atoms with E-state index in [1.165, 1.54) is 18.9 Å². The first-order valence-electron chi connectivity index (χ1n) is 3.55. The predicted octanol–water partition coefficient (Wildman–Crippen LogP) is 1.22. The monoisotopic (exact) mass is 233 g/mol. The van der Waals surface area contributed by atoms with Gasteiger partial charge in [-0.15, -0.1) is 11.8 Å². The Morgan fingerprint density at radius 3 is 2.71 bits per heavy atom. The third-order valence-corrected chi connectivity index (χ3v) is 2.47. The minimum atomic E-state index is -0.649. The molecule has 0 aliphatic heterocycles. The zero-order valence-corrected chi connectivity index (χ0v) is 9.15. The molecule has 1 aromatic heterocycles. The number of hydrogen-bond acceptors (Lipinski definition) is 6. The molecule has 0 bridgehead atoms. The van der Waals surface area contributed by atoms with Crippen LogP contribution >= 0.6 is 23.4 Å². The van der Waals surface area contributed by atoms with Crippen LogP contribution in [-0.2, 0) is 4.74 Å². The van der Waals surface area contributed by atoms with Gasteiger partial charge in [0.1, 0.15) is 5.03 Å². The number of hydrogen-bond donors (Lipinski definition) is 1. The fraction of sp³-hybridized carbons (Fsp3) is 0.286. The van der Waals surface area contributed by atoms with Crippen LogP contribution in [0, 0.1) is 0 Å². The molecule has 5 nitrogen and oxygen atoms in total.